The molecule has 1 fully saturated rings. The zero-order chi connectivity index (χ0) is 19.7. The maximum Gasteiger partial charge on any atom is 0.254 e. The molecule has 1 amide bonds. The maximum atomic E-state index is 13.4. The van der Waals surface area contributed by atoms with E-state index in [9.17, 15) is 13.2 Å². The van der Waals surface area contributed by atoms with Crippen molar-refractivity contribution >= 4 is 26.5 Å². The van der Waals surface area contributed by atoms with Crippen LogP contribution in [-0.4, -0.2) is 36.8 Å². The number of hydrogen-bond acceptors (Lipinski definition) is 3. The number of carbonyl (C=O) groups is 1. The van der Waals surface area contributed by atoms with Gasteiger partial charge in [0.15, 0.2) is 9.84 Å². The summed E-state index contributed by atoms with van der Waals surface area (Å²) in [6, 6.07) is 21.3. The number of carbonyl (C=O) groups excluding carboxylic acids is 1. The normalized spacial score (nSPS) is 18.2. The number of nitrogens with zero attached hydrogens (tertiary/aromatic N) is 1. The van der Waals surface area contributed by atoms with Crippen LogP contribution >= 0.6 is 0 Å². The van der Waals surface area contributed by atoms with Gasteiger partial charge in [-0.05, 0) is 41.3 Å². The van der Waals surface area contributed by atoms with Gasteiger partial charge in [0, 0.05) is 18.2 Å². The molecule has 144 valence electrons. The molecule has 5 heteroatoms. The molecule has 0 bridgehead atoms. The summed E-state index contributed by atoms with van der Waals surface area (Å²) in [5.41, 5.74) is 2.56. The third kappa shape index (κ3) is 3.67. The highest BCUT2D eigenvalue weighted by Crippen LogP contribution is 2.26. The molecule has 4 rings (SSSR count). The van der Waals surface area contributed by atoms with Gasteiger partial charge >= 0.3 is 0 Å². The summed E-state index contributed by atoms with van der Waals surface area (Å²) in [4.78, 5) is 15.2. The molecule has 1 unspecified atom stereocenters. The SMILES string of the molecule is Cc1ccccc1C(=O)N(Cc1cccc2ccccc12)C1CCS(=O)(=O)C1. The standard InChI is InChI=1S/C23H23NO3S/c1-17-7-2-4-11-21(17)23(25)24(20-13-14-28(26,27)16-20)15-19-10-6-9-18-8-3-5-12-22(18)19/h2-12,20H,13-16H2,1H3. The zero-order valence-corrected chi connectivity index (χ0v) is 16.7. The van der Waals surface area contributed by atoms with E-state index in [1.807, 2.05) is 73.7 Å². The molecule has 3 aromatic rings. The van der Waals surface area contributed by atoms with Crippen LogP contribution in [0.5, 0.6) is 0 Å². The first-order chi connectivity index (χ1) is 13.4. The first kappa shape index (κ1) is 18.7. The van der Waals surface area contributed by atoms with Gasteiger partial charge in [-0.2, -0.15) is 0 Å². The van der Waals surface area contributed by atoms with Gasteiger partial charge < -0.3 is 4.90 Å². The molecular weight excluding hydrogens is 370 g/mol. The fraction of sp³-hybridized carbons (Fsp3) is 0.261. The van der Waals surface area contributed by atoms with E-state index in [-0.39, 0.29) is 23.5 Å². The summed E-state index contributed by atoms with van der Waals surface area (Å²) in [6.45, 7) is 2.31. The second-order valence-corrected chi connectivity index (χ2v) is 9.67. The molecule has 0 N–H and O–H groups in total. The molecule has 0 saturated carbocycles. The predicted octanol–water partition coefficient (Wildman–Crippen LogP) is 3.98. The van der Waals surface area contributed by atoms with E-state index in [0.29, 0.717) is 18.5 Å². The first-order valence-corrected chi connectivity index (χ1v) is 11.3. The second kappa shape index (κ2) is 7.40. The van der Waals surface area contributed by atoms with Crippen molar-refractivity contribution in [2.45, 2.75) is 25.9 Å². The fourth-order valence-corrected chi connectivity index (χ4v) is 5.70. The average molecular weight is 394 g/mol. The van der Waals surface area contributed by atoms with Crippen LogP contribution in [0, 0.1) is 6.92 Å². The van der Waals surface area contributed by atoms with E-state index in [1.165, 1.54) is 0 Å². The van der Waals surface area contributed by atoms with Crippen molar-refractivity contribution in [3.05, 3.63) is 83.4 Å². The van der Waals surface area contributed by atoms with E-state index in [4.69, 9.17) is 0 Å². The molecule has 0 spiro atoms. The molecule has 3 aromatic carbocycles. The topological polar surface area (TPSA) is 54.5 Å². The van der Waals surface area contributed by atoms with Crippen molar-refractivity contribution < 1.29 is 13.2 Å². The number of fused-ring (bicyclic) bond motifs is 1. The van der Waals surface area contributed by atoms with Crippen LogP contribution in [0.15, 0.2) is 66.7 Å². The Labute approximate surface area is 165 Å². The van der Waals surface area contributed by atoms with Crippen molar-refractivity contribution in [1.29, 1.82) is 0 Å². The Morgan fingerprint density at radius 2 is 1.71 bits per heavy atom. The van der Waals surface area contributed by atoms with Crippen LogP contribution in [-0.2, 0) is 16.4 Å². The highest BCUT2D eigenvalue weighted by molar-refractivity contribution is 7.91. The van der Waals surface area contributed by atoms with Crippen molar-refractivity contribution in [3.8, 4) is 0 Å². The fourth-order valence-electron chi connectivity index (χ4n) is 3.97. The summed E-state index contributed by atoms with van der Waals surface area (Å²) in [5, 5.41) is 2.20. The Morgan fingerprint density at radius 1 is 1.00 bits per heavy atom. The molecule has 1 heterocycles. The molecule has 0 radical (unpaired) electrons. The van der Waals surface area contributed by atoms with Crippen molar-refractivity contribution in [1.82, 2.24) is 4.90 Å². The number of rotatable bonds is 4. The molecular formula is C23H23NO3S. The van der Waals surface area contributed by atoms with Crippen LogP contribution in [0.4, 0.5) is 0 Å². The van der Waals surface area contributed by atoms with Crippen molar-refractivity contribution in [2.24, 2.45) is 0 Å². The number of aryl methyl sites for hydroxylation is 1. The lowest BCUT2D eigenvalue weighted by Crippen LogP contribution is -2.41. The van der Waals surface area contributed by atoms with Crippen molar-refractivity contribution in [3.63, 3.8) is 0 Å². The highest BCUT2D eigenvalue weighted by Gasteiger charge is 2.35. The van der Waals surface area contributed by atoms with Gasteiger partial charge in [0.05, 0.1) is 11.5 Å². The van der Waals surface area contributed by atoms with Crippen LogP contribution in [0.1, 0.15) is 27.9 Å². The number of benzene rings is 3. The van der Waals surface area contributed by atoms with Gasteiger partial charge in [-0.15, -0.1) is 0 Å². The summed E-state index contributed by atoms with van der Waals surface area (Å²) in [7, 11) is -3.09. The lowest BCUT2D eigenvalue weighted by Gasteiger charge is -2.29. The van der Waals surface area contributed by atoms with Crippen LogP contribution in [0.2, 0.25) is 0 Å². The number of amides is 1. The number of hydrogen-bond donors (Lipinski definition) is 0. The minimum atomic E-state index is -3.09. The van der Waals surface area contributed by atoms with E-state index < -0.39 is 9.84 Å². The third-order valence-electron chi connectivity index (χ3n) is 5.51. The Morgan fingerprint density at radius 3 is 2.46 bits per heavy atom. The Balaban J connectivity index is 1.75. The second-order valence-electron chi connectivity index (χ2n) is 7.44. The number of sulfone groups is 1. The minimum absolute atomic E-state index is 0.0371. The third-order valence-corrected chi connectivity index (χ3v) is 7.26. The van der Waals surface area contributed by atoms with Gasteiger partial charge in [-0.1, -0.05) is 60.7 Å². The Bertz CT molecular complexity index is 1130. The van der Waals surface area contributed by atoms with Crippen molar-refractivity contribution in [2.75, 3.05) is 11.5 Å². The van der Waals surface area contributed by atoms with Gasteiger partial charge in [-0.25, -0.2) is 8.42 Å². The molecule has 1 saturated heterocycles. The molecule has 1 atom stereocenters. The molecule has 1 aliphatic heterocycles. The first-order valence-electron chi connectivity index (χ1n) is 9.48. The summed E-state index contributed by atoms with van der Waals surface area (Å²) >= 11 is 0. The zero-order valence-electron chi connectivity index (χ0n) is 15.8. The van der Waals surface area contributed by atoms with E-state index >= 15 is 0 Å². The average Bonchev–Trinajstić information content (AvgIpc) is 3.05. The monoisotopic (exact) mass is 393 g/mol. The highest BCUT2D eigenvalue weighted by atomic mass is 32.2. The van der Waals surface area contributed by atoms with Crippen LogP contribution in [0.3, 0.4) is 0 Å². The Hall–Kier alpha value is -2.66. The maximum absolute atomic E-state index is 13.4. The van der Waals surface area contributed by atoms with Gasteiger partial charge in [0.25, 0.3) is 5.91 Å². The minimum Gasteiger partial charge on any atom is -0.330 e. The quantitative estimate of drug-likeness (QED) is 0.674. The van der Waals surface area contributed by atoms with Crippen LogP contribution in [0.25, 0.3) is 10.8 Å². The lowest BCUT2D eigenvalue weighted by atomic mass is 10.0. The largest absolute Gasteiger partial charge is 0.330 e. The summed E-state index contributed by atoms with van der Waals surface area (Å²) < 4.78 is 24.2. The summed E-state index contributed by atoms with van der Waals surface area (Å²) in [6.07, 6.45) is 0.491. The smallest absolute Gasteiger partial charge is 0.254 e. The van der Waals surface area contributed by atoms with Gasteiger partial charge in [-0.3, -0.25) is 4.79 Å². The van der Waals surface area contributed by atoms with E-state index in [1.54, 1.807) is 4.90 Å². The van der Waals surface area contributed by atoms with Gasteiger partial charge in [0.2, 0.25) is 0 Å². The van der Waals surface area contributed by atoms with Gasteiger partial charge in [0.1, 0.15) is 0 Å². The molecule has 0 aromatic heterocycles. The predicted molar refractivity (Wildman–Crippen MR) is 112 cm³/mol. The van der Waals surface area contributed by atoms with E-state index in [0.717, 1.165) is 21.9 Å². The Kier molecular flexibility index (Phi) is 4.94. The molecule has 28 heavy (non-hydrogen) atoms. The lowest BCUT2D eigenvalue weighted by molar-refractivity contribution is 0.0681. The molecule has 4 nitrogen and oxygen atoms in total. The molecule has 0 aliphatic carbocycles. The molecule has 1 aliphatic rings. The van der Waals surface area contributed by atoms with E-state index in [2.05, 4.69) is 0 Å². The van der Waals surface area contributed by atoms with Crippen LogP contribution < -0.4 is 0 Å². The summed E-state index contributed by atoms with van der Waals surface area (Å²) in [5.74, 6) is 0.0771.